The van der Waals surface area contributed by atoms with Gasteiger partial charge >= 0.3 is 0 Å². The Morgan fingerprint density at radius 1 is 1.26 bits per heavy atom. The van der Waals surface area contributed by atoms with Crippen molar-refractivity contribution in [1.82, 2.24) is 15.5 Å². The molecule has 8 heteroatoms. The standard InChI is InChI=1S/C19H32N4O3S/c1-16(8-13-27(3,24)25)22-19(20-2)21-14-17-6-4-5-7-18(17)15-23-9-11-26-12-10-23/h4-7,16H,8-15H2,1-3H3,(H2,20,21,22). The molecule has 152 valence electrons. The van der Waals surface area contributed by atoms with Crippen molar-refractivity contribution in [2.75, 3.05) is 45.4 Å². The summed E-state index contributed by atoms with van der Waals surface area (Å²) in [7, 11) is -1.23. The summed E-state index contributed by atoms with van der Waals surface area (Å²) in [5, 5.41) is 6.60. The molecule has 2 rings (SSSR count). The summed E-state index contributed by atoms with van der Waals surface area (Å²) >= 11 is 0. The van der Waals surface area contributed by atoms with Crippen LogP contribution in [-0.4, -0.2) is 70.7 Å². The largest absolute Gasteiger partial charge is 0.379 e. The molecule has 1 aromatic carbocycles. The molecule has 1 saturated heterocycles. The van der Waals surface area contributed by atoms with Gasteiger partial charge in [0.05, 0.1) is 19.0 Å². The van der Waals surface area contributed by atoms with Crippen molar-refractivity contribution in [2.24, 2.45) is 4.99 Å². The number of aliphatic imine (C=N–C) groups is 1. The number of nitrogens with zero attached hydrogens (tertiary/aromatic N) is 2. The highest BCUT2D eigenvalue weighted by Gasteiger charge is 2.13. The molecule has 0 aliphatic carbocycles. The van der Waals surface area contributed by atoms with Crippen molar-refractivity contribution in [3.63, 3.8) is 0 Å². The predicted molar refractivity (Wildman–Crippen MR) is 110 cm³/mol. The van der Waals surface area contributed by atoms with Crippen LogP contribution in [0.1, 0.15) is 24.5 Å². The fourth-order valence-corrected chi connectivity index (χ4v) is 3.74. The number of nitrogens with one attached hydrogen (secondary N) is 2. The minimum Gasteiger partial charge on any atom is -0.379 e. The van der Waals surface area contributed by atoms with Crippen LogP contribution in [0.15, 0.2) is 29.3 Å². The zero-order valence-electron chi connectivity index (χ0n) is 16.6. The molecule has 1 aliphatic rings. The summed E-state index contributed by atoms with van der Waals surface area (Å²) < 4.78 is 28.1. The average Bonchev–Trinajstić information content (AvgIpc) is 2.65. The molecular formula is C19H32N4O3S. The second kappa shape index (κ2) is 10.6. The smallest absolute Gasteiger partial charge is 0.191 e. The van der Waals surface area contributed by atoms with E-state index in [1.165, 1.54) is 17.4 Å². The Hall–Kier alpha value is -1.64. The van der Waals surface area contributed by atoms with Gasteiger partial charge in [-0.25, -0.2) is 8.42 Å². The molecule has 0 aromatic heterocycles. The van der Waals surface area contributed by atoms with Crippen LogP contribution in [-0.2, 0) is 27.7 Å². The molecular weight excluding hydrogens is 364 g/mol. The first-order valence-corrected chi connectivity index (χ1v) is 11.4. The fourth-order valence-electron chi connectivity index (χ4n) is 2.95. The van der Waals surface area contributed by atoms with Gasteiger partial charge in [-0.3, -0.25) is 9.89 Å². The lowest BCUT2D eigenvalue weighted by atomic mass is 10.1. The van der Waals surface area contributed by atoms with E-state index >= 15 is 0 Å². The van der Waals surface area contributed by atoms with Gasteiger partial charge in [-0.2, -0.15) is 0 Å². The lowest BCUT2D eigenvalue weighted by molar-refractivity contribution is 0.0341. The minimum absolute atomic E-state index is 0.0227. The number of ether oxygens (including phenoxy) is 1. The second-order valence-corrected chi connectivity index (χ2v) is 9.31. The summed E-state index contributed by atoms with van der Waals surface area (Å²) in [6.07, 6.45) is 1.81. The molecule has 0 bridgehead atoms. The van der Waals surface area contributed by atoms with E-state index in [0.29, 0.717) is 18.9 Å². The summed E-state index contributed by atoms with van der Waals surface area (Å²) in [5.41, 5.74) is 2.53. The van der Waals surface area contributed by atoms with Crippen LogP contribution in [0.5, 0.6) is 0 Å². The molecule has 0 amide bonds. The summed E-state index contributed by atoms with van der Waals surface area (Å²) in [4.78, 5) is 6.66. The van der Waals surface area contributed by atoms with Gasteiger partial charge in [-0.15, -0.1) is 0 Å². The van der Waals surface area contributed by atoms with E-state index in [1.54, 1.807) is 7.05 Å². The van der Waals surface area contributed by atoms with Crippen molar-refractivity contribution in [3.8, 4) is 0 Å². The van der Waals surface area contributed by atoms with E-state index in [4.69, 9.17) is 4.74 Å². The lowest BCUT2D eigenvalue weighted by Crippen LogP contribution is -2.42. The van der Waals surface area contributed by atoms with Crippen LogP contribution in [0.4, 0.5) is 0 Å². The van der Waals surface area contributed by atoms with E-state index in [2.05, 4.69) is 38.7 Å². The third-order valence-corrected chi connectivity index (χ3v) is 5.57. The van der Waals surface area contributed by atoms with Gasteiger partial charge in [0.1, 0.15) is 9.84 Å². The number of benzene rings is 1. The third-order valence-electron chi connectivity index (χ3n) is 4.59. The predicted octanol–water partition coefficient (Wildman–Crippen LogP) is 1.01. The molecule has 1 unspecified atom stereocenters. The maximum atomic E-state index is 11.3. The highest BCUT2D eigenvalue weighted by molar-refractivity contribution is 7.90. The zero-order valence-corrected chi connectivity index (χ0v) is 17.4. The van der Waals surface area contributed by atoms with Crippen molar-refractivity contribution >= 4 is 15.8 Å². The number of sulfone groups is 1. The Morgan fingerprint density at radius 3 is 2.56 bits per heavy atom. The van der Waals surface area contributed by atoms with Crippen LogP contribution in [0, 0.1) is 0 Å². The Labute approximate surface area is 163 Å². The summed E-state index contributed by atoms with van der Waals surface area (Å²) in [6.45, 7) is 7.05. The van der Waals surface area contributed by atoms with Crippen molar-refractivity contribution < 1.29 is 13.2 Å². The van der Waals surface area contributed by atoms with Crippen molar-refractivity contribution in [3.05, 3.63) is 35.4 Å². The maximum absolute atomic E-state index is 11.3. The monoisotopic (exact) mass is 396 g/mol. The Morgan fingerprint density at radius 2 is 1.93 bits per heavy atom. The molecule has 2 N–H and O–H groups in total. The van der Waals surface area contributed by atoms with E-state index in [0.717, 1.165) is 32.8 Å². The van der Waals surface area contributed by atoms with Crippen LogP contribution in [0.2, 0.25) is 0 Å². The molecule has 1 atom stereocenters. The Kier molecular flexibility index (Phi) is 8.53. The van der Waals surface area contributed by atoms with Gasteiger partial charge in [-0.05, 0) is 24.5 Å². The van der Waals surface area contributed by atoms with Crippen LogP contribution < -0.4 is 10.6 Å². The number of hydrogen-bond donors (Lipinski definition) is 2. The normalized spacial score (nSPS) is 17.5. The summed E-state index contributed by atoms with van der Waals surface area (Å²) in [6, 6.07) is 8.43. The summed E-state index contributed by atoms with van der Waals surface area (Å²) in [5.74, 6) is 0.845. The van der Waals surface area contributed by atoms with Crippen LogP contribution in [0.3, 0.4) is 0 Å². The van der Waals surface area contributed by atoms with Crippen LogP contribution in [0.25, 0.3) is 0 Å². The number of morpholine rings is 1. The first-order valence-electron chi connectivity index (χ1n) is 9.39. The van der Waals surface area contributed by atoms with Gasteiger partial charge in [0.2, 0.25) is 0 Å². The molecule has 1 heterocycles. The molecule has 1 aromatic rings. The van der Waals surface area contributed by atoms with E-state index in [-0.39, 0.29) is 11.8 Å². The zero-order chi connectivity index (χ0) is 19.7. The van der Waals surface area contributed by atoms with Gasteiger partial charge in [-0.1, -0.05) is 24.3 Å². The number of rotatable bonds is 8. The highest BCUT2D eigenvalue weighted by Crippen LogP contribution is 2.13. The quantitative estimate of drug-likeness (QED) is 0.504. The first-order chi connectivity index (χ1) is 12.9. The molecule has 0 spiro atoms. The Bertz CT molecular complexity index is 715. The fraction of sp³-hybridized carbons (Fsp3) is 0.632. The second-order valence-electron chi connectivity index (χ2n) is 7.05. The van der Waals surface area contributed by atoms with Gasteiger partial charge in [0.25, 0.3) is 0 Å². The molecule has 7 nitrogen and oxygen atoms in total. The maximum Gasteiger partial charge on any atom is 0.191 e. The SMILES string of the molecule is CN=C(NCc1ccccc1CN1CCOCC1)NC(C)CCS(C)(=O)=O. The van der Waals surface area contributed by atoms with Gasteiger partial charge < -0.3 is 15.4 Å². The van der Waals surface area contributed by atoms with Crippen molar-refractivity contribution in [2.45, 2.75) is 32.5 Å². The van der Waals surface area contributed by atoms with E-state index in [9.17, 15) is 8.42 Å². The molecule has 1 aliphatic heterocycles. The first kappa shape index (κ1) is 21.7. The Balaban J connectivity index is 1.88. The number of guanidine groups is 1. The molecule has 27 heavy (non-hydrogen) atoms. The van der Waals surface area contributed by atoms with Crippen molar-refractivity contribution in [1.29, 1.82) is 0 Å². The number of hydrogen-bond acceptors (Lipinski definition) is 5. The van der Waals surface area contributed by atoms with Crippen LogP contribution >= 0.6 is 0 Å². The lowest BCUT2D eigenvalue weighted by Gasteiger charge is -2.27. The third kappa shape index (κ3) is 8.28. The van der Waals surface area contributed by atoms with E-state index < -0.39 is 9.84 Å². The molecule has 1 fully saturated rings. The molecule has 0 radical (unpaired) electrons. The van der Waals surface area contributed by atoms with E-state index in [1.807, 2.05) is 13.0 Å². The van der Waals surface area contributed by atoms with Gasteiger partial charge in [0, 0.05) is 45.5 Å². The topological polar surface area (TPSA) is 83.0 Å². The minimum atomic E-state index is -2.95. The average molecular weight is 397 g/mol. The van der Waals surface area contributed by atoms with Gasteiger partial charge in [0.15, 0.2) is 5.96 Å². The highest BCUT2D eigenvalue weighted by atomic mass is 32.2. The molecule has 0 saturated carbocycles.